The lowest BCUT2D eigenvalue weighted by Crippen LogP contribution is -2.23. The monoisotopic (exact) mass is 485 g/mol. The van der Waals surface area contributed by atoms with Gasteiger partial charge in [-0.05, 0) is 55.5 Å². The van der Waals surface area contributed by atoms with Crippen LogP contribution in [0.15, 0.2) is 94.7 Å². The first-order valence-electron chi connectivity index (χ1n) is 10.6. The fraction of sp³-hybridized carbons (Fsp3) is 0.0370. The molecule has 5 rings (SSSR count). The third kappa shape index (κ3) is 4.39. The molecule has 0 fully saturated rings. The largest absolute Gasteiger partial charge is 0.399 e. The summed E-state index contributed by atoms with van der Waals surface area (Å²) in [5.41, 5.74) is 20.5. The van der Waals surface area contributed by atoms with Gasteiger partial charge in [0.1, 0.15) is 0 Å². The van der Waals surface area contributed by atoms with Gasteiger partial charge in [0.15, 0.2) is 11.6 Å². The Morgan fingerprint density at radius 2 is 0.971 bits per heavy atom. The minimum Gasteiger partial charge on any atom is -0.399 e. The van der Waals surface area contributed by atoms with Crippen molar-refractivity contribution in [3.8, 4) is 0 Å². The molecule has 0 saturated heterocycles. The first-order chi connectivity index (χ1) is 16.6. The molecule has 7 nitrogen and oxygen atoms in total. The Balaban J connectivity index is 0.000000165. The van der Waals surface area contributed by atoms with Crippen LogP contribution in [-0.2, 0) is 9.84 Å². The van der Waals surface area contributed by atoms with E-state index in [1.807, 2.05) is 6.92 Å². The molecule has 0 spiro atoms. The maximum Gasteiger partial charge on any atom is 0.206 e. The summed E-state index contributed by atoms with van der Waals surface area (Å²) in [6.07, 6.45) is 0. The molecule has 35 heavy (non-hydrogen) atoms. The SMILES string of the molecule is Cc1ccc(S(=O)(=O)c2ccc(N)cc2)cc1.Nc1ccc(N)c2c1C(=O)c1ccccc1C2=O. The first-order valence-corrected chi connectivity index (χ1v) is 12.1. The van der Waals surface area contributed by atoms with Gasteiger partial charge in [-0.3, -0.25) is 9.59 Å². The van der Waals surface area contributed by atoms with Crippen molar-refractivity contribution in [1.82, 2.24) is 0 Å². The van der Waals surface area contributed by atoms with Crippen molar-refractivity contribution in [1.29, 1.82) is 0 Å². The Morgan fingerprint density at radius 3 is 1.40 bits per heavy atom. The van der Waals surface area contributed by atoms with Crippen molar-refractivity contribution in [2.45, 2.75) is 16.7 Å². The molecule has 4 aromatic carbocycles. The number of sulfone groups is 1. The lowest BCUT2D eigenvalue weighted by Gasteiger charge is -2.20. The van der Waals surface area contributed by atoms with E-state index in [0.717, 1.165) is 5.56 Å². The van der Waals surface area contributed by atoms with E-state index < -0.39 is 9.84 Å². The molecule has 0 unspecified atom stereocenters. The van der Waals surface area contributed by atoms with Crippen molar-refractivity contribution in [2.24, 2.45) is 0 Å². The maximum atomic E-state index is 12.3. The van der Waals surface area contributed by atoms with E-state index in [-0.39, 0.29) is 39.0 Å². The van der Waals surface area contributed by atoms with E-state index in [2.05, 4.69) is 0 Å². The molecule has 8 heteroatoms. The third-order valence-electron chi connectivity index (χ3n) is 5.66. The number of ketones is 2. The number of aryl methyl sites for hydroxylation is 1. The molecule has 0 aliphatic heterocycles. The van der Waals surface area contributed by atoms with Gasteiger partial charge >= 0.3 is 0 Å². The van der Waals surface area contributed by atoms with E-state index in [4.69, 9.17) is 17.2 Å². The van der Waals surface area contributed by atoms with Crippen LogP contribution in [0, 0.1) is 6.92 Å². The topological polar surface area (TPSA) is 146 Å². The zero-order valence-corrected chi connectivity index (χ0v) is 19.7. The van der Waals surface area contributed by atoms with Crippen LogP contribution in [0.4, 0.5) is 17.1 Å². The maximum absolute atomic E-state index is 12.3. The summed E-state index contributed by atoms with van der Waals surface area (Å²) in [5, 5.41) is 0. The van der Waals surface area contributed by atoms with Crippen LogP contribution < -0.4 is 17.2 Å². The van der Waals surface area contributed by atoms with E-state index in [0.29, 0.717) is 21.7 Å². The summed E-state index contributed by atoms with van der Waals surface area (Å²) < 4.78 is 24.4. The lowest BCUT2D eigenvalue weighted by atomic mass is 9.82. The average molecular weight is 486 g/mol. The van der Waals surface area contributed by atoms with Crippen LogP contribution in [0.3, 0.4) is 0 Å². The smallest absolute Gasteiger partial charge is 0.206 e. The van der Waals surface area contributed by atoms with Crippen LogP contribution in [0.1, 0.15) is 37.4 Å². The molecule has 0 saturated carbocycles. The van der Waals surface area contributed by atoms with E-state index in [1.54, 1.807) is 72.8 Å². The molecule has 0 radical (unpaired) electrons. The number of nitrogen functional groups attached to an aromatic ring is 3. The second-order valence-corrected chi connectivity index (χ2v) is 10.0. The highest BCUT2D eigenvalue weighted by Gasteiger charge is 2.32. The highest BCUT2D eigenvalue weighted by atomic mass is 32.2. The summed E-state index contributed by atoms with van der Waals surface area (Å²) in [4.78, 5) is 25.2. The zero-order chi connectivity index (χ0) is 25.3. The van der Waals surface area contributed by atoms with E-state index in [9.17, 15) is 18.0 Å². The number of nitrogens with two attached hydrogens (primary N) is 3. The van der Waals surface area contributed by atoms with Crippen molar-refractivity contribution >= 4 is 38.5 Å². The number of carbonyl (C=O) groups is 2. The molecule has 0 heterocycles. The Kier molecular flexibility index (Phi) is 6.15. The molecular weight excluding hydrogens is 462 g/mol. The third-order valence-corrected chi connectivity index (χ3v) is 7.45. The number of anilines is 3. The Labute approximate surface area is 203 Å². The normalized spacial score (nSPS) is 12.3. The quantitative estimate of drug-likeness (QED) is 0.320. The molecule has 0 bridgehead atoms. The van der Waals surface area contributed by atoms with Gasteiger partial charge in [0, 0.05) is 28.2 Å². The molecule has 176 valence electrons. The second-order valence-electron chi connectivity index (χ2n) is 8.08. The zero-order valence-electron chi connectivity index (χ0n) is 18.9. The van der Waals surface area contributed by atoms with Gasteiger partial charge in [0.2, 0.25) is 9.84 Å². The van der Waals surface area contributed by atoms with Gasteiger partial charge in [0.25, 0.3) is 0 Å². The summed E-state index contributed by atoms with van der Waals surface area (Å²) in [6.45, 7) is 1.92. The van der Waals surface area contributed by atoms with Crippen molar-refractivity contribution in [3.63, 3.8) is 0 Å². The van der Waals surface area contributed by atoms with Crippen molar-refractivity contribution in [2.75, 3.05) is 17.2 Å². The Hall–Kier alpha value is -4.43. The fourth-order valence-corrected chi connectivity index (χ4v) is 5.03. The predicted octanol–water partition coefficient (Wildman–Crippen LogP) is 4.04. The Morgan fingerprint density at radius 1 is 0.571 bits per heavy atom. The molecule has 0 aromatic heterocycles. The van der Waals surface area contributed by atoms with Crippen molar-refractivity contribution < 1.29 is 18.0 Å². The molecule has 6 N–H and O–H groups in total. The van der Waals surface area contributed by atoms with Crippen LogP contribution in [0.25, 0.3) is 0 Å². The average Bonchev–Trinajstić information content (AvgIpc) is 2.85. The summed E-state index contributed by atoms with van der Waals surface area (Å²) >= 11 is 0. The summed E-state index contributed by atoms with van der Waals surface area (Å²) in [7, 11) is -3.43. The number of fused-ring (bicyclic) bond motifs is 2. The van der Waals surface area contributed by atoms with Crippen LogP contribution in [-0.4, -0.2) is 20.0 Å². The molecule has 4 aromatic rings. The van der Waals surface area contributed by atoms with Gasteiger partial charge in [-0.2, -0.15) is 0 Å². The first kappa shape index (κ1) is 23.7. The highest BCUT2D eigenvalue weighted by Crippen LogP contribution is 2.33. The summed E-state index contributed by atoms with van der Waals surface area (Å²) in [5.74, 6) is -0.491. The standard InChI is InChI=1S/C14H10N2O2.C13H13NO2S/c15-9-5-6-10(16)12-11(9)13(17)7-3-1-2-4-8(7)14(12)18;1-10-2-6-12(7-3-10)17(15,16)13-8-4-11(14)5-9-13/h1-6H,15-16H2;2-9H,14H2,1H3. The van der Waals surface area contributed by atoms with Crippen LogP contribution >= 0.6 is 0 Å². The van der Waals surface area contributed by atoms with Gasteiger partial charge in [-0.15, -0.1) is 0 Å². The second kappa shape index (κ2) is 9.08. The predicted molar refractivity (Wildman–Crippen MR) is 136 cm³/mol. The van der Waals surface area contributed by atoms with Gasteiger partial charge in [-0.25, -0.2) is 8.42 Å². The minimum atomic E-state index is -3.43. The van der Waals surface area contributed by atoms with Gasteiger partial charge < -0.3 is 17.2 Å². The summed E-state index contributed by atoms with van der Waals surface area (Å²) in [6, 6.07) is 22.8. The fourth-order valence-electron chi connectivity index (χ4n) is 3.77. The van der Waals surface area contributed by atoms with E-state index >= 15 is 0 Å². The number of rotatable bonds is 2. The van der Waals surface area contributed by atoms with Crippen LogP contribution in [0.2, 0.25) is 0 Å². The van der Waals surface area contributed by atoms with E-state index in [1.165, 1.54) is 12.1 Å². The van der Waals surface area contributed by atoms with Crippen molar-refractivity contribution in [3.05, 3.63) is 113 Å². The molecule has 1 aliphatic carbocycles. The number of hydrogen-bond acceptors (Lipinski definition) is 7. The molecule has 0 atom stereocenters. The molecular formula is C27H23N3O4S. The number of hydrogen-bond donors (Lipinski definition) is 3. The minimum absolute atomic E-state index is 0.221. The van der Waals surface area contributed by atoms with Gasteiger partial charge in [-0.1, -0.05) is 42.0 Å². The van der Waals surface area contributed by atoms with Gasteiger partial charge in [0.05, 0.1) is 20.9 Å². The molecule has 0 amide bonds. The number of carbonyl (C=O) groups excluding carboxylic acids is 2. The molecule has 1 aliphatic rings. The highest BCUT2D eigenvalue weighted by molar-refractivity contribution is 7.91. The number of benzene rings is 4. The lowest BCUT2D eigenvalue weighted by molar-refractivity contribution is 0.0980. The Bertz CT molecular complexity index is 1450. The van der Waals surface area contributed by atoms with Crippen LogP contribution in [0.5, 0.6) is 0 Å².